The zero-order chi connectivity index (χ0) is 15.0. The third kappa shape index (κ3) is 6.17. The van der Waals surface area contributed by atoms with Crippen molar-refractivity contribution in [3.8, 4) is 0 Å². The second-order valence-corrected chi connectivity index (χ2v) is 5.15. The van der Waals surface area contributed by atoms with Crippen LogP contribution in [0.2, 0.25) is 0 Å². The lowest BCUT2D eigenvalue weighted by Gasteiger charge is -2.23. The molecule has 1 rings (SSSR count). The molecule has 1 atom stereocenters. The molecule has 1 aromatic carbocycles. The molecule has 0 aliphatic carbocycles. The molecule has 112 valence electrons. The molecule has 1 amide bonds. The lowest BCUT2D eigenvalue weighted by Crippen LogP contribution is -2.38. The molecule has 20 heavy (non-hydrogen) atoms. The first-order valence-corrected chi connectivity index (χ1v) is 7.37. The zero-order valence-corrected chi connectivity index (χ0v) is 13.1. The number of amides is 1. The average molecular weight is 277 g/mol. The summed E-state index contributed by atoms with van der Waals surface area (Å²) in [6.07, 6.45) is 0. The lowest BCUT2D eigenvalue weighted by atomic mass is 10.2. The quantitative estimate of drug-likeness (QED) is 0.767. The van der Waals surface area contributed by atoms with Gasteiger partial charge in [0, 0.05) is 31.7 Å². The van der Waals surface area contributed by atoms with Crippen molar-refractivity contribution >= 4 is 11.6 Å². The molecule has 4 heteroatoms. The lowest BCUT2D eigenvalue weighted by molar-refractivity contribution is -0.114. The number of anilines is 1. The second kappa shape index (κ2) is 8.72. The molecule has 0 bridgehead atoms. The highest BCUT2D eigenvalue weighted by molar-refractivity contribution is 5.88. The highest BCUT2D eigenvalue weighted by atomic mass is 16.1. The molecule has 2 N–H and O–H groups in total. The van der Waals surface area contributed by atoms with E-state index in [1.165, 1.54) is 12.5 Å². The Kier molecular flexibility index (Phi) is 7.26. The van der Waals surface area contributed by atoms with Crippen molar-refractivity contribution in [3.05, 3.63) is 29.8 Å². The van der Waals surface area contributed by atoms with Gasteiger partial charge in [0.25, 0.3) is 0 Å². The van der Waals surface area contributed by atoms with Crippen LogP contribution in [0.4, 0.5) is 5.69 Å². The van der Waals surface area contributed by atoms with Gasteiger partial charge in [-0.2, -0.15) is 0 Å². The first-order chi connectivity index (χ1) is 9.55. The van der Waals surface area contributed by atoms with Crippen molar-refractivity contribution in [1.82, 2.24) is 10.2 Å². The summed E-state index contributed by atoms with van der Waals surface area (Å²) in [4.78, 5) is 13.4. The van der Waals surface area contributed by atoms with Crippen molar-refractivity contribution in [2.45, 2.75) is 40.3 Å². The van der Waals surface area contributed by atoms with E-state index in [2.05, 4.69) is 36.3 Å². The van der Waals surface area contributed by atoms with Gasteiger partial charge in [0.1, 0.15) is 0 Å². The normalized spacial score (nSPS) is 12.4. The number of nitrogens with zero attached hydrogens (tertiary/aromatic N) is 1. The first-order valence-electron chi connectivity index (χ1n) is 7.37. The van der Waals surface area contributed by atoms with Crippen LogP contribution in [-0.2, 0) is 11.3 Å². The van der Waals surface area contributed by atoms with Crippen LogP contribution in [0.15, 0.2) is 24.3 Å². The maximum Gasteiger partial charge on any atom is 0.221 e. The Morgan fingerprint density at radius 3 is 2.30 bits per heavy atom. The van der Waals surface area contributed by atoms with Crippen LogP contribution in [0, 0.1) is 0 Å². The van der Waals surface area contributed by atoms with E-state index in [0.717, 1.165) is 31.9 Å². The zero-order valence-electron chi connectivity index (χ0n) is 13.1. The van der Waals surface area contributed by atoms with Gasteiger partial charge in [-0.05, 0) is 37.7 Å². The van der Waals surface area contributed by atoms with Gasteiger partial charge >= 0.3 is 0 Å². The predicted octanol–water partition coefficient (Wildman–Crippen LogP) is 2.46. The number of carbonyl (C=O) groups excluding carboxylic acids is 1. The molecule has 0 aromatic heterocycles. The van der Waals surface area contributed by atoms with Gasteiger partial charge in [0.15, 0.2) is 0 Å². The number of hydrogen-bond donors (Lipinski definition) is 2. The SMILES string of the molecule is CCN(CC)CC(C)NCc1ccc(NC(C)=O)cc1. The van der Waals surface area contributed by atoms with Gasteiger partial charge in [-0.1, -0.05) is 26.0 Å². The van der Waals surface area contributed by atoms with Gasteiger partial charge in [0.05, 0.1) is 0 Å². The molecule has 0 heterocycles. The minimum Gasteiger partial charge on any atom is -0.326 e. The van der Waals surface area contributed by atoms with Crippen LogP contribution in [0.5, 0.6) is 0 Å². The Balaban J connectivity index is 2.39. The maximum atomic E-state index is 10.9. The summed E-state index contributed by atoms with van der Waals surface area (Å²) < 4.78 is 0. The van der Waals surface area contributed by atoms with Gasteiger partial charge < -0.3 is 15.5 Å². The smallest absolute Gasteiger partial charge is 0.221 e. The fraction of sp³-hybridized carbons (Fsp3) is 0.562. The van der Waals surface area contributed by atoms with E-state index >= 15 is 0 Å². The third-order valence-corrected chi connectivity index (χ3v) is 3.36. The summed E-state index contributed by atoms with van der Waals surface area (Å²) in [5.74, 6) is -0.0382. The first kappa shape index (κ1) is 16.7. The van der Waals surface area contributed by atoms with E-state index in [1.54, 1.807) is 0 Å². The minimum atomic E-state index is -0.0382. The largest absolute Gasteiger partial charge is 0.326 e. The van der Waals surface area contributed by atoms with Crippen molar-refractivity contribution in [2.24, 2.45) is 0 Å². The molecule has 0 radical (unpaired) electrons. The predicted molar refractivity (Wildman–Crippen MR) is 84.8 cm³/mol. The summed E-state index contributed by atoms with van der Waals surface area (Å²) in [6, 6.07) is 8.43. The number of carbonyl (C=O) groups is 1. The van der Waals surface area contributed by atoms with E-state index in [-0.39, 0.29) is 5.91 Å². The fourth-order valence-electron chi connectivity index (χ4n) is 2.13. The minimum absolute atomic E-state index is 0.0382. The Morgan fingerprint density at radius 1 is 1.20 bits per heavy atom. The molecule has 4 nitrogen and oxygen atoms in total. The third-order valence-electron chi connectivity index (χ3n) is 3.36. The highest BCUT2D eigenvalue weighted by Gasteiger charge is 2.06. The Labute approximate surface area is 122 Å². The highest BCUT2D eigenvalue weighted by Crippen LogP contribution is 2.09. The van der Waals surface area contributed by atoms with Gasteiger partial charge in [-0.3, -0.25) is 4.79 Å². The van der Waals surface area contributed by atoms with Crippen molar-refractivity contribution in [3.63, 3.8) is 0 Å². The molecular weight excluding hydrogens is 250 g/mol. The van der Waals surface area contributed by atoms with Crippen LogP contribution in [0.1, 0.15) is 33.3 Å². The summed E-state index contributed by atoms with van der Waals surface area (Å²) in [5, 5.41) is 6.30. The van der Waals surface area contributed by atoms with E-state index in [0.29, 0.717) is 6.04 Å². The van der Waals surface area contributed by atoms with Gasteiger partial charge in [-0.25, -0.2) is 0 Å². The van der Waals surface area contributed by atoms with Crippen LogP contribution in [-0.4, -0.2) is 36.5 Å². The van der Waals surface area contributed by atoms with Gasteiger partial charge in [0.2, 0.25) is 5.91 Å². The average Bonchev–Trinajstić information content (AvgIpc) is 2.43. The second-order valence-electron chi connectivity index (χ2n) is 5.15. The summed E-state index contributed by atoms with van der Waals surface area (Å²) >= 11 is 0. The van der Waals surface area contributed by atoms with E-state index < -0.39 is 0 Å². The number of nitrogens with one attached hydrogen (secondary N) is 2. The fourth-order valence-corrected chi connectivity index (χ4v) is 2.13. The number of likely N-dealkylation sites (N-methyl/N-ethyl adjacent to an activating group) is 1. The molecule has 0 fully saturated rings. The molecule has 1 unspecified atom stereocenters. The molecule has 0 saturated carbocycles. The number of rotatable bonds is 8. The molecule has 0 saturated heterocycles. The summed E-state index contributed by atoms with van der Waals surface area (Å²) in [6.45, 7) is 12.2. The van der Waals surface area contributed by atoms with Crippen LogP contribution < -0.4 is 10.6 Å². The van der Waals surface area contributed by atoms with Crippen molar-refractivity contribution in [1.29, 1.82) is 0 Å². The Bertz CT molecular complexity index is 399. The standard InChI is InChI=1S/C16H27N3O/c1-5-19(6-2)12-13(3)17-11-15-7-9-16(10-8-15)18-14(4)20/h7-10,13,17H,5-6,11-12H2,1-4H3,(H,18,20). The monoisotopic (exact) mass is 277 g/mol. The Hall–Kier alpha value is -1.39. The number of hydrogen-bond acceptors (Lipinski definition) is 3. The molecule has 1 aromatic rings. The summed E-state index contributed by atoms with van der Waals surface area (Å²) in [5.41, 5.74) is 2.07. The maximum absolute atomic E-state index is 10.9. The van der Waals surface area contributed by atoms with E-state index in [1.807, 2.05) is 24.3 Å². The Morgan fingerprint density at radius 2 is 1.80 bits per heavy atom. The van der Waals surface area contributed by atoms with Crippen LogP contribution in [0.25, 0.3) is 0 Å². The molecular formula is C16H27N3O. The number of benzene rings is 1. The van der Waals surface area contributed by atoms with Crippen LogP contribution >= 0.6 is 0 Å². The van der Waals surface area contributed by atoms with E-state index in [4.69, 9.17) is 0 Å². The molecule has 0 aliphatic rings. The topological polar surface area (TPSA) is 44.4 Å². The van der Waals surface area contributed by atoms with Crippen molar-refractivity contribution < 1.29 is 4.79 Å². The van der Waals surface area contributed by atoms with Crippen molar-refractivity contribution in [2.75, 3.05) is 25.0 Å². The molecule has 0 aliphatic heterocycles. The summed E-state index contributed by atoms with van der Waals surface area (Å²) in [7, 11) is 0. The van der Waals surface area contributed by atoms with Gasteiger partial charge in [-0.15, -0.1) is 0 Å². The van der Waals surface area contributed by atoms with E-state index in [9.17, 15) is 4.79 Å². The van der Waals surface area contributed by atoms with Crippen LogP contribution in [0.3, 0.4) is 0 Å². The molecule has 0 spiro atoms.